The fourth-order valence-electron chi connectivity index (χ4n) is 0.975. The molecule has 0 atom stereocenters. The fourth-order valence-corrected chi connectivity index (χ4v) is 2.69. The van der Waals surface area contributed by atoms with Gasteiger partial charge in [0.2, 0.25) is 0 Å². The summed E-state index contributed by atoms with van der Waals surface area (Å²) in [5.74, 6) is -2.63. The molecule has 0 amide bonds. The molecule has 0 aromatic rings. The van der Waals surface area contributed by atoms with E-state index in [1.54, 1.807) is 13.8 Å². The first-order chi connectivity index (χ1) is 9.13. The first-order valence-corrected chi connectivity index (χ1v) is 10.4. The molecule has 0 unspecified atom stereocenters. The van der Waals surface area contributed by atoms with Gasteiger partial charge in [0.15, 0.2) is 6.35 Å². The first-order valence-electron chi connectivity index (χ1n) is 5.89. The van der Waals surface area contributed by atoms with Crippen molar-refractivity contribution in [2.75, 3.05) is 39.2 Å². The van der Waals surface area contributed by atoms with Gasteiger partial charge in [0, 0.05) is 0 Å². The predicted molar refractivity (Wildman–Crippen MR) is 72.2 cm³/mol. The molecule has 0 aromatic carbocycles. The maximum absolute atomic E-state index is 11.9. The van der Waals surface area contributed by atoms with E-state index in [4.69, 9.17) is 9.05 Å². The van der Waals surface area contributed by atoms with E-state index in [0.29, 0.717) is 0 Å². The Morgan fingerprint density at radius 1 is 0.850 bits per heavy atom. The highest BCUT2D eigenvalue weighted by molar-refractivity contribution is 7.62. The Hall–Kier alpha value is -0.680. The van der Waals surface area contributed by atoms with Crippen LogP contribution in [0.1, 0.15) is 13.8 Å². The highest BCUT2D eigenvalue weighted by Gasteiger charge is 2.29. The van der Waals surface area contributed by atoms with Crippen LogP contribution in [0.15, 0.2) is 0 Å². The highest BCUT2D eigenvalue weighted by atomic mass is 31.2. The van der Waals surface area contributed by atoms with Crippen molar-refractivity contribution in [1.29, 1.82) is 0 Å². The summed E-state index contributed by atoms with van der Waals surface area (Å²) in [6.07, 6.45) is -1.05. The Balaban J connectivity index is 4.35. The van der Waals surface area contributed by atoms with E-state index in [1.165, 1.54) is 13.3 Å². The molecule has 0 aliphatic rings. The average molecular weight is 330 g/mol. The summed E-state index contributed by atoms with van der Waals surface area (Å²) in [5.41, 5.74) is 0. The summed E-state index contributed by atoms with van der Waals surface area (Å²) in [6.45, 7) is 6.22. The normalized spacial score (nSPS) is 12.0. The topological polar surface area (TPSA) is 105 Å². The zero-order valence-corrected chi connectivity index (χ0v) is 13.8. The van der Waals surface area contributed by atoms with Crippen LogP contribution < -0.4 is 0 Å². The predicted octanol–water partition coefficient (Wildman–Crippen LogP) is 1.88. The van der Waals surface area contributed by atoms with E-state index in [2.05, 4.69) is 9.47 Å². The largest absolute Gasteiger partial charge is 0.449 e. The molecule has 0 bridgehead atoms. The Morgan fingerprint density at radius 2 is 1.25 bits per heavy atom. The number of hydrogen-bond donors (Lipinski definition) is 0. The molecule has 20 heavy (non-hydrogen) atoms. The van der Waals surface area contributed by atoms with Gasteiger partial charge in [0.05, 0.1) is 13.2 Å². The van der Waals surface area contributed by atoms with Crippen LogP contribution in [-0.2, 0) is 37.2 Å². The molecule has 10 heteroatoms. The molecule has 0 heterocycles. The lowest BCUT2D eigenvalue weighted by atomic mass is 10.7. The molecule has 0 saturated carbocycles. The molecule has 0 rings (SSSR count). The molecule has 0 N–H and O–H groups in total. The Bertz CT molecular complexity index is 417. The lowest BCUT2D eigenvalue weighted by molar-refractivity contribution is -0.165. The van der Waals surface area contributed by atoms with Gasteiger partial charge in [-0.3, -0.25) is 4.57 Å². The van der Waals surface area contributed by atoms with Gasteiger partial charge in [-0.15, -0.1) is 0 Å². The van der Waals surface area contributed by atoms with Crippen molar-refractivity contribution in [3.63, 3.8) is 0 Å². The van der Waals surface area contributed by atoms with Gasteiger partial charge in [-0.05, 0) is 27.2 Å². The van der Waals surface area contributed by atoms with Gasteiger partial charge in [0.1, 0.15) is 13.5 Å². The Labute approximate surface area is 118 Å². The van der Waals surface area contributed by atoms with Crippen molar-refractivity contribution < 1.29 is 37.2 Å². The third kappa shape index (κ3) is 8.48. The van der Waals surface area contributed by atoms with E-state index in [9.17, 15) is 18.7 Å². The number of rotatable bonds is 8. The highest BCUT2D eigenvalue weighted by Crippen LogP contribution is 2.47. The standard InChI is InChI=1S/C10H20O8P2/c1-5-17-20(14,18-6-2)8-16-10(12)9(11)15-7-19(3,4)13/h5-8H2,1-4H3. The molecular formula is C10H20O8P2. The summed E-state index contributed by atoms with van der Waals surface area (Å²) >= 11 is 0. The first kappa shape index (κ1) is 19.3. The van der Waals surface area contributed by atoms with Crippen molar-refractivity contribution in [2.24, 2.45) is 0 Å². The van der Waals surface area contributed by atoms with Crippen molar-refractivity contribution >= 4 is 26.7 Å². The van der Waals surface area contributed by atoms with Crippen LogP contribution >= 0.6 is 14.7 Å². The van der Waals surface area contributed by atoms with Gasteiger partial charge in [-0.1, -0.05) is 0 Å². The zero-order chi connectivity index (χ0) is 15.8. The van der Waals surface area contributed by atoms with Gasteiger partial charge in [0.25, 0.3) is 0 Å². The number of carbonyl (C=O) groups excluding carboxylic acids is 2. The second-order valence-electron chi connectivity index (χ2n) is 4.14. The van der Waals surface area contributed by atoms with E-state index < -0.39 is 33.0 Å². The lowest BCUT2D eigenvalue weighted by Crippen LogP contribution is -2.21. The maximum atomic E-state index is 11.9. The quantitative estimate of drug-likeness (QED) is 0.377. The van der Waals surface area contributed by atoms with Crippen LogP contribution in [-0.4, -0.2) is 51.2 Å². The molecule has 0 fully saturated rings. The molecule has 118 valence electrons. The molecule has 0 saturated heterocycles. The zero-order valence-electron chi connectivity index (χ0n) is 12.0. The van der Waals surface area contributed by atoms with E-state index >= 15 is 0 Å². The molecule has 0 aliphatic carbocycles. The van der Waals surface area contributed by atoms with Gasteiger partial charge in [-0.2, -0.15) is 0 Å². The Morgan fingerprint density at radius 3 is 1.60 bits per heavy atom. The van der Waals surface area contributed by atoms with Crippen molar-refractivity contribution in [1.82, 2.24) is 0 Å². The van der Waals surface area contributed by atoms with Gasteiger partial charge < -0.3 is 23.1 Å². The summed E-state index contributed by atoms with van der Waals surface area (Å²) in [5, 5.41) is 0. The molecule has 0 spiro atoms. The van der Waals surface area contributed by atoms with Crippen LogP contribution in [0.25, 0.3) is 0 Å². The second kappa shape index (κ2) is 8.57. The van der Waals surface area contributed by atoms with Crippen LogP contribution in [0.4, 0.5) is 0 Å². The lowest BCUT2D eigenvalue weighted by Gasteiger charge is -2.16. The Kier molecular flexibility index (Phi) is 8.28. The third-order valence-corrected chi connectivity index (χ3v) is 4.18. The number of carbonyl (C=O) groups is 2. The van der Waals surface area contributed by atoms with Crippen molar-refractivity contribution in [3.05, 3.63) is 0 Å². The van der Waals surface area contributed by atoms with E-state index in [0.717, 1.165) is 0 Å². The van der Waals surface area contributed by atoms with Crippen molar-refractivity contribution in [2.45, 2.75) is 13.8 Å². The third-order valence-electron chi connectivity index (χ3n) is 1.68. The van der Waals surface area contributed by atoms with Crippen molar-refractivity contribution in [3.8, 4) is 0 Å². The smallest absolute Gasteiger partial charge is 0.418 e. The minimum atomic E-state index is -3.57. The minimum Gasteiger partial charge on any atom is -0.449 e. The number of hydrogen-bond acceptors (Lipinski definition) is 8. The van der Waals surface area contributed by atoms with E-state index in [-0.39, 0.29) is 19.6 Å². The number of esters is 2. The second-order valence-corrected chi connectivity index (χ2v) is 9.54. The molecule has 0 aromatic heterocycles. The summed E-state index contributed by atoms with van der Waals surface area (Å²) in [4.78, 5) is 22.5. The maximum Gasteiger partial charge on any atom is 0.418 e. The molecule has 0 radical (unpaired) electrons. The monoisotopic (exact) mass is 330 g/mol. The average Bonchev–Trinajstić information content (AvgIpc) is 2.33. The van der Waals surface area contributed by atoms with Gasteiger partial charge in [-0.25, -0.2) is 9.59 Å². The minimum absolute atomic E-state index is 0.105. The summed E-state index contributed by atoms with van der Waals surface area (Å²) in [7, 11) is -6.16. The molecule has 0 aliphatic heterocycles. The number of ether oxygens (including phenoxy) is 2. The van der Waals surface area contributed by atoms with Crippen LogP contribution in [0.2, 0.25) is 0 Å². The SMILES string of the molecule is CCOP(=O)(COC(=O)C(=O)OCP(C)(C)=O)OCC. The molecular weight excluding hydrogens is 310 g/mol. The van der Waals surface area contributed by atoms with E-state index in [1.807, 2.05) is 0 Å². The summed E-state index contributed by atoms with van der Waals surface area (Å²) in [6, 6.07) is 0. The van der Waals surface area contributed by atoms with Crippen LogP contribution in [0, 0.1) is 0 Å². The van der Waals surface area contributed by atoms with Crippen LogP contribution in [0.5, 0.6) is 0 Å². The molecule has 8 nitrogen and oxygen atoms in total. The summed E-state index contributed by atoms with van der Waals surface area (Å²) < 4.78 is 42.0. The fraction of sp³-hybridized carbons (Fsp3) is 0.800. The van der Waals surface area contributed by atoms with Gasteiger partial charge >= 0.3 is 19.5 Å². The van der Waals surface area contributed by atoms with Crippen LogP contribution in [0.3, 0.4) is 0 Å².